The minimum Gasteiger partial charge on any atom is -0.657 e. The zero-order valence-corrected chi connectivity index (χ0v) is 47.3. The molecule has 0 N–H and O–H groups in total. The average molecular weight is 999 g/mol. The number of hydrogen-bond acceptors (Lipinski definition) is 2. The standard InChI is InChI=1S/C68H60N4.Zn/c1-65(2,3)41-29-39(30-42(33-41)66(4,5)6)59-51-25-27-53(69-51)61-47-23-15-19-37-17-13-21-45(57(37)47)49-35-55(71-63(49)61)60(40-31-43(67(7,8)9)34-44(32-40)68(10,11)12)56-36-50-46-22-14-18-38-20-16-24-48(58(38)46)62(64(50)72-56)54-28-26-52(59)70-54;/h13-36H,1-12H3;/q-2;+2. The van der Waals surface area contributed by atoms with Crippen molar-refractivity contribution < 1.29 is 19.5 Å². The van der Waals surface area contributed by atoms with Crippen LogP contribution in [0.3, 0.4) is 0 Å². The maximum atomic E-state index is 5.89. The van der Waals surface area contributed by atoms with Crippen LogP contribution < -0.4 is 9.97 Å². The van der Waals surface area contributed by atoms with E-state index in [1.165, 1.54) is 54.6 Å². The van der Waals surface area contributed by atoms with E-state index in [0.29, 0.717) is 0 Å². The Bertz CT molecular complexity index is 4340. The summed E-state index contributed by atoms with van der Waals surface area (Å²) in [6.45, 7) is 27.7. The monoisotopic (exact) mass is 996 g/mol. The van der Waals surface area contributed by atoms with Gasteiger partial charge < -0.3 is 9.97 Å². The van der Waals surface area contributed by atoms with Gasteiger partial charge in [0.05, 0.1) is 22.4 Å². The molecule has 0 aliphatic carbocycles. The minimum atomic E-state index is -0.108. The number of benzene rings is 8. The molecule has 5 heteroatoms. The molecule has 0 saturated heterocycles. The molecule has 13 rings (SSSR count). The number of aromatic nitrogens is 4. The summed E-state index contributed by atoms with van der Waals surface area (Å²) in [7, 11) is 0. The zero-order valence-electron chi connectivity index (χ0n) is 44.4. The summed E-state index contributed by atoms with van der Waals surface area (Å²) in [5.41, 5.74) is 16.2. The van der Waals surface area contributed by atoms with Crippen molar-refractivity contribution in [2.24, 2.45) is 0 Å². The molecule has 8 aromatic carbocycles. The Morgan fingerprint density at radius 1 is 0.356 bits per heavy atom. The second-order valence-corrected chi connectivity index (χ2v) is 24.8. The van der Waals surface area contributed by atoms with E-state index in [1.807, 2.05) is 0 Å². The summed E-state index contributed by atoms with van der Waals surface area (Å²) < 4.78 is 0. The second-order valence-electron chi connectivity index (χ2n) is 24.8. The molecule has 8 bridgehead atoms. The Morgan fingerprint density at radius 2 is 0.822 bits per heavy atom. The first kappa shape index (κ1) is 47.1. The van der Waals surface area contributed by atoms with Crippen LogP contribution in [-0.2, 0) is 41.1 Å². The molecule has 4 aromatic heterocycles. The van der Waals surface area contributed by atoms with Crippen LogP contribution in [0.5, 0.6) is 0 Å². The molecule has 0 unspecified atom stereocenters. The zero-order chi connectivity index (χ0) is 50.0. The molecule has 5 heterocycles. The molecule has 0 amide bonds. The van der Waals surface area contributed by atoms with Gasteiger partial charge in [-0.2, -0.15) is 0 Å². The fourth-order valence-electron chi connectivity index (χ4n) is 11.6. The molecule has 0 atom stereocenters. The van der Waals surface area contributed by atoms with Gasteiger partial charge in [0, 0.05) is 5.39 Å². The fourth-order valence-corrected chi connectivity index (χ4v) is 11.6. The Kier molecular flexibility index (Phi) is 10.3. The molecule has 354 valence electrons. The average Bonchev–Trinajstić information content (AvgIpc) is 4.17. The quantitative estimate of drug-likeness (QED) is 0.162. The summed E-state index contributed by atoms with van der Waals surface area (Å²) in [5.74, 6) is 0. The first-order valence-corrected chi connectivity index (χ1v) is 25.7. The van der Waals surface area contributed by atoms with Gasteiger partial charge in [-0.1, -0.05) is 210 Å². The van der Waals surface area contributed by atoms with Crippen molar-refractivity contribution in [1.82, 2.24) is 19.9 Å². The van der Waals surface area contributed by atoms with Gasteiger partial charge in [-0.25, -0.2) is 9.97 Å². The van der Waals surface area contributed by atoms with E-state index >= 15 is 0 Å². The van der Waals surface area contributed by atoms with Crippen LogP contribution in [0.15, 0.2) is 133 Å². The molecule has 12 aromatic rings. The van der Waals surface area contributed by atoms with E-state index in [1.54, 1.807) is 0 Å². The van der Waals surface area contributed by atoms with E-state index in [-0.39, 0.29) is 41.1 Å². The smallest absolute Gasteiger partial charge is 0.657 e. The number of hydrogen-bond donors (Lipinski definition) is 0. The summed E-state index contributed by atoms with van der Waals surface area (Å²) in [5, 5.41) is 13.8. The fraction of sp³-hybridized carbons (Fsp3) is 0.235. The third-order valence-corrected chi connectivity index (χ3v) is 15.7. The maximum Gasteiger partial charge on any atom is 2.00 e. The van der Waals surface area contributed by atoms with Crippen LogP contribution >= 0.6 is 0 Å². The molecule has 0 saturated carbocycles. The summed E-state index contributed by atoms with van der Waals surface area (Å²) in [4.78, 5) is 23.3. The van der Waals surface area contributed by atoms with E-state index < -0.39 is 0 Å². The molecule has 0 fully saturated rings. The number of fused-ring (bicyclic) bond motifs is 12. The van der Waals surface area contributed by atoms with Crippen LogP contribution in [0, 0.1) is 0 Å². The van der Waals surface area contributed by atoms with Crippen LogP contribution in [0.25, 0.3) is 132 Å². The first-order valence-electron chi connectivity index (χ1n) is 25.7. The molecule has 4 nitrogen and oxygen atoms in total. The molecule has 0 spiro atoms. The predicted octanol–water partition coefficient (Wildman–Crippen LogP) is 18.3. The van der Waals surface area contributed by atoms with E-state index in [0.717, 1.165) is 99.1 Å². The number of nitrogens with zero attached hydrogens (tertiary/aromatic N) is 4. The largest absolute Gasteiger partial charge is 2.00 e. The van der Waals surface area contributed by atoms with Gasteiger partial charge in [0.2, 0.25) is 0 Å². The molecule has 73 heavy (non-hydrogen) atoms. The Morgan fingerprint density at radius 3 is 1.36 bits per heavy atom. The van der Waals surface area contributed by atoms with Gasteiger partial charge >= 0.3 is 19.5 Å². The number of rotatable bonds is 2. The van der Waals surface area contributed by atoms with Gasteiger partial charge in [-0.3, -0.25) is 0 Å². The maximum absolute atomic E-state index is 5.89. The van der Waals surface area contributed by atoms with Crippen molar-refractivity contribution in [2.75, 3.05) is 0 Å². The van der Waals surface area contributed by atoms with E-state index in [2.05, 4.69) is 229 Å². The topological polar surface area (TPSA) is 54.0 Å². The summed E-state index contributed by atoms with van der Waals surface area (Å²) >= 11 is 0. The van der Waals surface area contributed by atoms with Gasteiger partial charge in [0.1, 0.15) is 0 Å². The van der Waals surface area contributed by atoms with Crippen molar-refractivity contribution in [2.45, 2.75) is 105 Å². The second kappa shape index (κ2) is 16.0. The van der Waals surface area contributed by atoms with Gasteiger partial charge in [-0.05, 0) is 144 Å². The van der Waals surface area contributed by atoms with Crippen molar-refractivity contribution in [1.29, 1.82) is 0 Å². The SMILES string of the molecule is CC(C)(C)c1cc(-c2c3nc(c4c5cccc6cccc(c7cc([n-]c74)c(-c4cc(C(C)(C)C)cc(C(C)(C)C)c4)c4cc7c8cccc9cccc(c98)c(c8ccc2[n-]8)c7n4)c65)C=C3)cc(C(C)(C)C)c1.[Zn+2]. The van der Waals surface area contributed by atoms with Crippen LogP contribution in [0.1, 0.15) is 117 Å². The van der Waals surface area contributed by atoms with Crippen LogP contribution in [-0.4, -0.2) is 9.97 Å². The molecular formula is C68H60N4Zn. The third-order valence-electron chi connectivity index (χ3n) is 15.7. The first-order chi connectivity index (χ1) is 34.2. The van der Waals surface area contributed by atoms with Crippen molar-refractivity contribution in [3.05, 3.63) is 167 Å². The Balaban J connectivity index is 0.00000543. The van der Waals surface area contributed by atoms with Crippen molar-refractivity contribution >= 4 is 110 Å². The molecule has 1 aliphatic heterocycles. The van der Waals surface area contributed by atoms with Crippen molar-refractivity contribution in [3.8, 4) is 22.3 Å². The van der Waals surface area contributed by atoms with E-state index in [9.17, 15) is 0 Å². The molecule has 1 aliphatic rings. The molecule has 0 radical (unpaired) electrons. The van der Waals surface area contributed by atoms with Gasteiger partial charge in [0.25, 0.3) is 0 Å². The Hall–Kier alpha value is -6.94. The van der Waals surface area contributed by atoms with Crippen LogP contribution in [0.4, 0.5) is 0 Å². The normalized spacial score (nSPS) is 13.3. The summed E-state index contributed by atoms with van der Waals surface area (Å²) in [6.07, 6.45) is 4.43. The van der Waals surface area contributed by atoms with Crippen molar-refractivity contribution in [3.63, 3.8) is 0 Å². The van der Waals surface area contributed by atoms with Gasteiger partial charge in [0.15, 0.2) is 0 Å². The minimum absolute atomic E-state index is 0. The van der Waals surface area contributed by atoms with Crippen LogP contribution in [0.2, 0.25) is 0 Å². The van der Waals surface area contributed by atoms with Gasteiger partial charge in [-0.15, -0.1) is 22.1 Å². The Labute approximate surface area is 440 Å². The summed E-state index contributed by atoms with van der Waals surface area (Å²) in [6, 6.07) is 50.2. The predicted molar refractivity (Wildman–Crippen MR) is 310 cm³/mol. The van der Waals surface area contributed by atoms with E-state index in [4.69, 9.17) is 19.9 Å². The molecular weight excluding hydrogens is 938 g/mol. The third kappa shape index (κ3) is 7.39.